The van der Waals surface area contributed by atoms with E-state index < -0.39 is 0 Å². The minimum absolute atomic E-state index is 0.0683. The van der Waals surface area contributed by atoms with E-state index in [1.165, 1.54) is 25.0 Å². The van der Waals surface area contributed by atoms with Crippen LogP contribution in [0.4, 0.5) is 4.39 Å². The number of hydrogen-bond donors (Lipinski definition) is 1. The molecule has 0 atom stereocenters. The first kappa shape index (κ1) is 25.8. The predicted octanol–water partition coefficient (Wildman–Crippen LogP) is 6.59. The van der Waals surface area contributed by atoms with Gasteiger partial charge in [0.2, 0.25) is 5.88 Å². The molecule has 6 nitrogen and oxygen atoms in total. The van der Waals surface area contributed by atoms with E-state index in [-0.39, 0.29) is 34.8 Å². The van der Waals surface area contributed by atoms with E-state index in [1.54, 1.807) is 30.5 Å². The van der Waals surface area contributed by atoms with Crippen molar-refractivity contribution in [2.24, 2.45) is 11.8 Å². The third-order valence-electron chi connectivity index (χ3n) is 9.61. The summed E-state index contributed by atoms with van der Waals surface area (Å²) in [6, 6.07) is 9.36. The fourth-order valence-electron chi connectivity index (χ4n) is 7.46. The van der Waals surface area contributed by atoms with Gasteiger partial charge >= 0.3 is 0 Å². The standard InChI is InChI=1S/C31H39FN2O4/c32-24-5-7-25(8-6-24)38-29-26(4-1-19-33-29)28(35)34-27(22-9-15-30(16-10-22)13-2-20-36-30)23-11-17-31(18-12-23)14-3-21-37-31/h1,4-8,19,22-23,27H,2-3,9-18,20-21H2,(H,34,35). The van der Waals surface area contributed by atoms with Crippen molar-refractivity contribution in [3.8, 4) is 11.6 Å². The molecule has 0 radical (unpaired) electrons. The molecule has 2 aliphatic heterocycles. The molecule has 2 aromatic rings. The molecule has 1 amide bonds. The van der Waals surface area contributed by atoms with Crippen molar-refractivity contribution in [1.29, 1.82) is 0 Å². The quantitative estimate of drug-likeness (QED) is 0.463. The first-order chi connectivity index (χ1) is 18.5. The van der Waals surface area contributed by atoms with E-state index in [1.807, 2.05) is 0 Å². The number of nitrogens with zero attached hydrogens (tertiary/aromatic N) is 1. The number of halogens is 1. The minimum atomic E-state index is -0.339. The molecule has 3 heterocycles. The molecule has 1 aromatic carbocycles. The van der Waals surface area contributed by atoms with Crippen LogP contribution in [-0.2, 0) is 9.47 Å². The Morgan fingerprint density at radius 1 is 0.895 bits per heavy atom. The molecule has 38 heavy (non-hydrogen) atoms. The molecule has 2 spiro atoms. The van der Waals surface area contributed by atoms with Crippen LogP contribution >= 0.6 is 0 Å². The van der Waals surface area contributed by atoms with Gasteiger partial charge in [-0.05, 0) is 125 Å². The van der Waals surface area contributed by atoms with Crippen molar-refractivity contribution < 1.29 is 23.4 Å². The highest BCUT2D eigenvalue weighted by Crippen LogP contribution is 2.47. The van der Waals surface area contributed by atoms with Crippen molar-refractivity contribution in [1.82, 2.24) is 10.3 Å². The summed E-state index contributed by atoms with van der Waals surface area (Å²) in [5.74, 6) is 1.04. The number of rotatable bonds is 6. The topological polar surface area (TPSA) is 69.7 Å². The second-order valence-electron chi connectivity index (χ2n) is 11.9. The van der Waals surface area contributed by atoms with Gasteiger partial charge < -0.3 is 19.5 Å². The maximum atomic E-state index is 13.8. The molecule has 4 fully saturated rings. The van der Waals surface area contributed by atoms with Crippen molar-refractivity contribution in [2.45, 2.75) is 94.3 Å². The third kappa shape index (κ3) is 5.46. The van der Waals surface area contributed by atoms with Crippen LogP contribution in [0.1, 0.15) is 87.4 Å². The summed E-state index contributed by atoms with van der Waals surface area (Å²) >= 11 is 0. The highest BCUT2D eigenvalue weighted by Gasteiger charge is 2.45. The Morgan fingerprint density at radius 3 is 2.00 bits per heavy atom. The van der Waals surface area contributed by atoms with Gasteiger partial charge in [-0.15, -0.1) is 0 Å². The van der Waals surface area contributed by atoms with E-state index >= 15 is 0 Å². The van der Waals surface area contributed by atoms with E-state index in [9.17, 15) is 9.18 Å². The van der Waals surface area contributed by atoms with Crippen LogP contribution in [0.5, 0.6) is 11.6 Å². The summed E-state index contributed by atoms with van der Waals surface area (Å²) < 4.78 is 31.7. The van der Waals surface area contributed by atoms with Gasteiger partial charge in [0.05, 0.1) is 11.2 Å². The first-order valence-corrected chi connectivity index (χ1v) is 14.5. The van der Waals surface area contributed by atoms with Crippen molar-refractivity contribution in [3.05, 3.63) is 54.0 Å². The maximum absolute atomic E-state index is 13.8. The largest absolute Gasteiger partial charge is 0.438 e. The number of hydrogen-bond acceptors (Lipinski definition) is 5. The molecule has 1 N–H and O–H groups in total. The first-order valence-electron chi connectivity index (χ1n) is 14.5. The molecule has 6 rings (SSSR count). The van der Waals surface area contributed by atoms with Crippen molar-refractivity contribution >= 4 is 5.91 Å². The Bertz CT molecular complexity index is 1060. The molecular weight excluding hydrogens is 483 g/mol. The van der Waals surface area contributed by atoms with Gasteiger partial charge in [0.15, 0.2) is 0 Å². The van der Waals surface area contributed by atoms with Gasteiger partial charge in [0.25, 0.3) is 5.91 Å². The SMILES string of the molecule is O=C(NC(C1CCC2(CCCO2)CC1)C1CCC2(CCCO2)CC1)c1cccnc1Oc1ccc(F)cc1. The van der Waals surface area contributed by atoms with Gasteiger partial charge in [0.1, 0.15) is 17.1 Å². The number of ether oxygens (including phenoxy) is 3. The number of benzene rings is 1. The fourth-order valence-corrected chi connectivity index (χ4v) is 7.46. The minimum Gasteiger partial charge on any atom is -0.438 e. The number of amides is 1. The highest BCUT2D eigenvalue weighted by atomic mass is 19.1. The van der Waals surface area contributed by atoms with Gasteiger partial charge in [-0.1, -0.05) is 0 Å². The van der Waals surface area contributed by atoms with Gasteiger partial charge in [-0.2, -0.15) is 0 Å². The van der Waals surface area contributed by atoms with Crippen LogP contribution in [0.3, 0.4) is 0 Å². The summed E-state index contributed by atoms with van der Waals surface area (Å²) in [5, 5.41) is 3.47. The lowest BCUT2D eigenvalue weighted by molar-refractivity contribution is -0.0530. The number of aromatic nitrogens is 1. The van der Waals surface area contributed by atoms with Crippen molar-refractivity contribution in [3.63, 3.8) is 0 Å². The Hall–Kier alpha value is -2.51. The molecule has 1 aromatic heterocycles. The van der Waals surface area contributed by atoms with Crippen LogP contribution in [0.15, 0.2) is 42.6 Å². The molecule has 0 unspecified atom stereocenters. The zero-order chi connectivity index (χ0) is 26.0. The molecule has 2 saturated carbocycles. The Kier molecular flexibility index (Phi) is 7.41. The molecule has 2 aliphatic carbocycles. The predicted molar refractivity (Wildman–Crippen MR) is 142 cm³/mol. The lowest BCUT2D eigenvalue weighted by Crippen LogP contribution is -2.50. The average Bonchev–Trinajstić information content (AvgIpc) is 3.60. The van der Waals surface area contributed by atoms with Gasteiger partial charge in [0, 0.05) is 25.5 Å². The normalized spacial score (nSPS) is 31.9. The zero-order valence-electron chi connectivity index (χ0n) is 22.1. The lowest BCUT2D eigenvalue weighted by atomic mass is 9.67. The second-order valence-corrected chi connectivity index (χ2v) is 11.9. The number of carbonyl (C=O) groups excluding carboxylic acids is 1. The van der Waals surface area contributed by atoms with Crippen LogP contribution < -0.4 is 10.1 Å². The van der Waals surface area contributed by atoms with Crippen LogP contribution in [0.2, 0.25) is 0 Å². The third-order valence-corrected chi connectivity index (χ3v) is 9.61. The van der Waals surface area contributed by atoms with Crippen LogP contribution in [0, 0.1) is 17.7 Å². The van der Waals surface area contributed by atoms with E-state index in [2.05, 4.69) is 10.3 Å². The molecular formula is C31H39FN2O4. The van der Waals surface area contributed by atoms with Gasteiger partial charge in [-0.25, -0.2) is 9.37 Å². The summed E-state index contributed by atoms with van der Waals surface area (Å²) in [6.07, 6.45) is 14.9. The maximum Gasteiger partial charge on any atom is 0.257 e. The second kappa shape index (κ2) is 10.9. The lowest BCUT2D eigenvalue weighted by Gasteiger charge is -2.45. The average molecular weight is 523 g/mol. The van der Waals surface area contributed by atoms with E-state index in [0.717, 1.165) is 77.4 Å². The number of pyridine rings is 1. The summed E-state index contributed by atoms with van der Waals surface area (Å²) in [5.41, 5.74) is 0.539. The monoisotopic (exact) mass is 522 g/mol. The van der Waals surface area contributed by atoms with Crippen LogP contribution in [0.25, 0.3) is 0 Å². The summed E-state index contributed by atoms with van der Waals surface area (Å²) in [6.45, 7) is 1.76. The molecule has 0 bridgehead atoms. The molecule has 7 heteroatoms. The smallest absolute Gasteiger partial charge is 0.257 e. The Morgan fingerprint density at radius 2 is 1.47 bits per heavy atom. The van der Waals surface area contributed by atoms with Crippen LogP contribution in [-0.4, -0.2) is 41.3 Å². The Labute approximate surface area is 224 Å². The number of nitrogens with one attached hydrogen (secondary N) is 1. The summed E-state index contributed by atoms with van der Waals surface area (Å²) in [7, 11) is 0. The summed E-state index contributed by atoms with van der Waals surface area (Å²) in [4.78, 5) is 18.1. The van der Waals surface area contributed by atoms with E-state index in [0.29, 0.717) is 23.1 Å². The number of carbonyl (C=O) groups is 1. The molecule has 2 saturated heterocycles. The Balaban J connectivity index is 1.19. The van der Waals surface area contributed by atoms with E-state index in [4.69, 9.17) is 14.2 Å². The van der Waals surface area contributed by atoms with Gasteiger partial charge in [-0.3, -0.25) is 4.79 Å². The van der Waals surface area contributed by atoms with Crippen molar-refractivity contribution in [2.75, 3.05) is 13.2 Å². The highest BCUT2D eigenvalue weighted by molar-refractivity contribution is 5.96. The molecule has 4 aliphatic rings. The fraction of sp³-hybridized carbons (Fsp3) is 0.613. The molecule has 204 valence electrons. The zero-order valence-corrected chi connectivity index (χ0v) is 22.1.